The fourth-order valence-corrected chi connectivity index (χ4v) is 3.60. The van der Waals surface area contributed by atoms with E-state index in [-0.39, 0.29) is 0 Å². The summed E-state index contributed by atoms with van der Waals surface area (Å²) in [5, 5.41) is 21.4. The molecular weight excluding hydrogens is 316 g/mol. The van der Waals surface area contributed by atoms with E-state index in [4.69, 9.17) is 25.0 Å². The zero-order chi connectivity index (χ0) is 17.0. The first-order valence-corrected chi connectivity index (χ1v) is 12.4. The van der Waals surface area contributed by atoms with Crippen molar-refractivity contribution in [3.8, 4) is 0 Å². The van der Waals surface area contributed by atoms with Crippen LogP contribution in [0.3, 0.4) is 0 Å². The first-order chi connectivity index (χ1) is 10.3. The number of nitrogens with zero attached hydrogens (tertiary/aromatic N) is 1. The van der Waals surface area contributed by atoms with Gasteiger partial charge in [-0.1, -0.05) is 0 Å². The van der Waals surface area contributed by atoms with Gasteiger partial charge in [0.2, 0.25) is 0 Å². The number of nitrogens with two attached hydrogens (primary N) is 3. The molecule has 22 heavy (non-hydrogen) atoms. The summed E-state index contributed by atoms with van der Waals surface area (Å²) >= 11 is 0. The molecule has 1 rings (SSSR count). The van der Waals surface area contributed by atoms with Crippen molar-refractivity contribution in [2.24, 2.45) is 16.2 Å². The Morgan fingerprint density at radius 3 is 2.18 bits per heavy atom. The summed E-state index contributed by atoms with van der Waals surface area (Å²) in [7, 11) is 0.00156. The Labute approximate surface area is 138 Å². The first-order valence-electron chi connectivity index (χ1n) is 7.90. The van der Waals surface area contributed by atoms with Crippen molar-refractivity contribution in [2.45, 2.75) is 32.1 Å². The highest BCUT2D eigenvalue weighted by Gasteiger charge is 2.27. The molecule has 0 aromatic rings. The van der Waals surface area contributed by atoms with Crippen LogP contribution in [-0.4, -0.2) is 75.9 Å². The topological polar surface area (TPSA) is 124 Å². The normalized spacial score (nSPS) is 18.0. The lowest BCUT2D eigenvalue weighted by molar-refractivity contribution is 0.157. The molecule has 0 bridgehead atoms. The zero-order valence-corrected chi connectivity index (χ0v) is 16.8. The van der Waals surface area contributed by atoms with E-state index in [9.17, 15) is 0 Å². The fraction of sp³-hybridized carbons (Fsp3) is 1.00. The molecule has 1 fully saturated rings. The predicted octanol–water partition coefficient (Wildman–Crippen LogP) is -1.84. The van der Waals surface area contributed by atoms with E-state index in [2.05, 4.69) is 29.0 Å². The highest BCUT2D eigenvalue weighted by molar-refractivity contribution is 6.65. The molecule has 1 saturated heterocycles. The summed E-state index contributed by atoms with van der Waals surface area (Å²) in [5.41, 5.74) is 0. The maximum atomic E-state index is 5.48. The van der Waals surface area contributed by atoms with Gasteiger partial charge in [0.05, 0.1) is 6.17 Å². The predicted molar refractivity (Wildman–Crippen MR) is 96.7 cm³/mol. The standard InChI is InChI=1S/C12H29N3O2Si.H7N3Si/c1-12(15-9-7-13-8-10-15)14-6-5-11-18(4,16-2)17-3;1-4(2)3/h12-14H,5-11H2,1-4H3;4H,1-3H2. The van der Waals surface area contributed by atoms with Gasteiger partial charge in [-0.05, 0) is 32.5 Å². The molecule has 1 heterocycles. The third kappa shape index (κ3) is 10.8. The smallest absolute Gasteiger partial charge is 0.334 e. The number of hydrogen-bond donors (Lipinski definition) is 5. The van der Waals surface area contributed by atoms with Crippen LogP contribution in [0.15, 0.2) is 0 Å². The second-order valence-electron chi connectivity index (χ2n) is 5.64. The van der Waals surface area contributed by atoms with Crippen molar-refractivity contribution in [3.63, 3.8) is 0 Å². The third-order valence-corrected chi connectivity index (χ3v) is 6.80. The Balaban J connectivity index is 0.000000980. The van der Waals surface area contributed by atoms with Crippen molar-refractivity contribution in [3.05, 3.63) is 0 Å². The Bertz CT molecular complexity index is 263. The Hall–Kier alpha value is 0.114. The lowest BCUT2D eigenvalue weighted by Gasteiger charge is -2.33. The van der Waals surface area contributed by atoms with Gasteiger partial charge in [0, 0.05) is 40.4 Å². The highest BCUT2D eigenvalue weighted by Crippen LogP contribution is 2.13. The molecule has 8 nitrogen and oxygen atoms in total. The lowest BCUT2D eigenvalue weighted by atomic mass is 10.3. The molecule has 10 heteroatoms. The zero-order valence-electron chi connectivity index (χ0n) is 14.6. The maximum Gasteiger partial charge on any atom is 0.334 e. The van der Waals surface area contributed by atoms with Gasteiger partial charge in [-0.25, -0.2) is 0 Å². The van der Waals surface area contributed by atoms with E-state index >= 15 is 0 Å². The summed E-state index contributed by atoms with van der Waals surface area (Å²) in [6.07, 6.45) is 1.58. The summed E-state index contributed by atoms with van der Waals surface area (Å²) in [6.45, 7) is 9.87. The van der Waals surface area contributed by atoms with Gasteiger partial charge in [-0.2, -0.15) is 0 Å². The van der Waals surface area contributed by atoms with Crippen molar-refractivity contribution in [1.82, 2.24) is 15.5 Å². The number of piperazine rings is 1. The third-order valence-electron chi connectivity index (χ3n) is 3.81. The first kappa shape index (κ1) is 22.1. The molecule has 0 aromatic carbocycles. The Morgan fingerprint density at radius 1 is 1.23 bits per heavy atom. The lowest BCUT2D eigenvalue weighted by Crippen LogP contribution is -2.52. The van der Waals surface area contributed by atoms with Crippen LogP contribution < -0.4 is 26.8 Å². The van der Waals surface area contributed by atoms with E-state index < -0.39 is 17.8 Å². The van der Waals surface area contributed by atoms with Gasteiger partial charge < -0.3 is 35.7 Å². The quantitative estimate of drug-likeness (QED) is 0.255. The molecule has 1 unspecified atom stereocenters. The van der Waals surface area contributed by atoms with Crippen molar-refractivity contribution < 1.29 is 8.85 Å². The Morgan fingerprint density at radius 2 is 1.73 bits per heavy atom. The van der Waals surface area contributed by atoms with Crippen LogP contribution in [0.25, 0.3) is 0 Å². The number of hydrogen-bond acceptors (Lipinski definition) is 8. The van der Waals surface area contributed by atoms with Crippen molar-refractivity contribution >= 4 is 17.8 Å². The number of rotatable bonds is 8. The molecular formula is C12H36N6O2Si2. The molecule has 0 aromatic heterocycles. The van der Waals surface area contributed by atoms with Gasteiger partial charge >= 0.3 is 8.56 Å². The van der Waals surface area contributed by atoms with E-state index in [1.54, 1.807) is 14.2 Å². The Kier molecular flexibility index (Phi) is 12.6. The second kappa shape index (κ2) is 12.5. The van der Waals surface area contributed by atoms with E-state index in [0.717, 1.165) is 45.2 Å². The van der Waals surface area contributed by atoms with E-state index in [1.165, 1.54) is 0 Å². The molecule has 0 aliphatic carbocycles. The average Bonchev–Trinajstić information content (AvgIpc) is 2.51. The van der Waals surface area contributed by atoms with Crippen molar-refractivity contribution in [2.75, 3.05) is 46.9 Å². The van der Waals surface area contributed by atoms with Crippen LogP contribution in [0.4, 0.5) is 0 Å². The largest absolute Gasteiger partial charge is 0.398 e. The summed E-state index contributed by atoms with van der Waals surface area (Å²) < 4.78 is 11.0. The van der Waals surface area contributed by atoms with Crippen LogP contribution in [0.1, 0.15) is 13.3 Å². The summed E-state index contributed by atoms with van der Waals surface area (Å²) in [6, 6.07) is 1.04. The minimum atomic E-state index is -1.87. The minimum Gasteiger partial charge on any atom is -0.398 e. The summed E-state index contributed by atoms with van der Waals surface area (Å²) in [4.78, 5) is 2.49. The monoisotopic (exact) mass is 352 g/mol. The molecule has 1 aliphatic rings. The van der Waals surface area contributed by atoms with Gasteiger partial charge in [0.15, 0.2) is 0 Å². The minimum absolute atomic E-state index is 0.463. The highest BCUT2D eigenvalue weighted by atomic mass is 28.4. The molecule has 0 spiro atoms. The van der Waals surface area contributed by atoms with Crippen LogP contribution in [0.5, 0.6) is 0 Å². The SMILES string of the molecule is CO[Si](C)(CCCNC(C)N1CCNCC1)OC.N[SiH](N)N. The molecule has 134 valence electrons. The van der Waals surface area contributed by atoms with Gasteiger partial charge in [0.25, 0.3) is 9.28 Å². The second-order valence-corrected chi connectivity index (χ2v) is 10.4. The molecule has 0 saturated carbocycles. The van der Waals surface area contributed by atoms with E-state index in [0.29, 0.717) is 6.17 Å². The van der Waals surface area contributed by atoms with Gasteiger partial charge in [-0.15, -0.1) is 0 Å². The summed E-state index contributed by atoms with van der Waals surface area (Å²) in [5.74, 6) is 0. The van der Waals surface area contributed by atoms with Crippen molar-refractivity contribution in [1.29, 1.82) is 0 Å². The number of nitrogens with one attached hydrogen (secondary N) is 2. The van der Waals surface area contributed by atoms with Gasteiger partial charge in [-0.3, -0.25) is 4.90 Å². The van der Waals surface area contributed by atoms with Crippen LogP contribution in [-0.2, 0) is 8.85 Å². The molecule has 0 radical (unpaired) electrons. The maximum absolute atomic E-state index is 5.48. The van der Waals surface area contributed by atoms with E-state index in [1.807, 2.05) is 0 Å². The molecule has 1 aliphatic heterocycles. The fourth-order valence-electron chi connectivity index (χ4n) is 2.21. The van der Waals surface area contributed by atoms with Crippen LogP contribution in [0, 0.1) is 0 Å². The molecule has 1 atom stereocenters. The average molecular weight is 353 g/mol. The van der Waals surface area contributed by atoms with Gasteiger partial charge in [0.1, 0.15) is 0 Å². The van der Waals surface area contributed by atoms with Crippen LogP contribution >= 0.6 is 0 Å². The molecule has 8 N–H and O–H groups in total. The van der Waals surface area contributed by atoms with Crippen LogP contribution in [0.2, 0.25) is 12.6 Å². The molecule has 0 amide bonds.